The molecule has 1 aromatic carbocycles. The SMILES string of the molecule is CN(CCNC(=O)CSc1ccc(C(F)(F)F)cn1)c1ccccc1. The van der Waals surface area contributed by atoms with Gasteiger partial charge in [0.25, 0.3) is 0 Å². The number of amides is 1. The number of aromatic nitrogens is 1. The van der Waals surface area contributed by atoms with Crippen molar-refractivity contribution >= 4 is 23.4 Å². The number of anilines is 1. The summed E-state index contributed by atoms with van der Waals surface area (Å²) in [6.45, 7) is 1.13. The Morgan fingerprint density at radius 1 is 1.20 bits per heavy atom. The van der Waals surface area contributed by atoms with Crippen LogP contribution in [0, 0.1) is 0 Å². The van der Waals surface area contributed by atoms with Crippen LogP contribution in [-0.2, 0) is 11.0 Å². The van der Waals surface area contributed by atoms with E-state index in [-0.39, 0.29) is 11.7 Å². The number of alkyl halides is 3. The molecule has 0 fully saturated rings. The summed E-state index contributed by atoms with van der Waals surface area (Å²) in [5.41, 5.74) is 0.255. The number of hydrogen-bond donors (Lipinski definition) is 1. The van der Waals surface area contributed by atoms with Crippen molar-refractivity contribution in [3.63, 3.8) is 0 Å². The molecule has 0 aliphatic carbocycles. The zero-order valence-corrected chi connectivity index (χ0v) is 14.4. The summed E-state index contributed by atoms with van der Waals surface area (Å²) in [5, 5.41) is 3.16. The van der Waals surface area contributed by atoms with Crippen molar-refractivity contribution in [2.45, 2.75) is 11.2 Å². The summed E-state index contributed by atoms with van der Waals surface area (Å²) in [6, 6.07) is 12.0. The molecular formula is C17H18F3N3OS. The second kappa shape index (κ2) is 8.75. The summed E-state index contributed by atoms with van der Waals surface area (Å²) < 4.78 is 37.3. The van der Waals surface area contributed by atoms with E-state index in [1.807, 2.05) is 42.3 Å². The van der Waals surface area contributed by atoms with Crippen molar-refractivity contribution in [3.8, 4) is 0 Å². The number of carbonyl (C=O) groups excluding carboxylic acids is 1. The van der Waals surface area contributed by atoms with Crippen LogP contribution in [0.1, 0.15) is 5.56 Å². The molecule has 2 aromatic rings. The Balaban J connectivity index is 1.70. The zero-order chi connectivity index (χ0) is 18.3. The monoisotopic (exact) mass is 369 g/mol. The standard InChI is InChI=1S/C17H18F3N3OS/c1-23(14-5-3-2-4-6-14)10-9-21-15(24)12-25-16-8-7-13(11-22-16)17(18,19)20/h2-8,11H,9-10,12H2,1H3,(H,21,24). The fourth-order valence-electron chi connectivity index (χ4n) is 2.00. The van der Waals surface area contributed by atoms with Crippen LogP contribution in [0.2, 0.25) is 0 Å². The van der Waals surface area contributed by atoms with E-state index in [1.54, 1.807) is 0 Å². The molecule has 2 rings (SSSR count). The van der Waals surface area contributed by atoms with Gasteiger partial charge in [-0.05, 0) is 24.3 Å². The smallest absolute Gasteiger partial charge is 0.373 e. The van der Waals surface area contributed by atoms with Crippen molar-refractivity contribution in [1.82, 2.24) is 10.3 Å². The van der Waals surface area contributed by atoms with Crippen LogP contribution in [0.15, 0.2) is 53.7 Å². The van der Waals surface area contributed by atoms with Crippen LogP contribution < -0.4 is 10.2 Å². The number of rotatable bonds is 7. The molecule has 0 spiro atoms. The van der Waals surface area contributed by atoms with Crippen molar-refractivity contribution < 1.29 is 18.0 Å². The van der Waals surface area contributed by atoms with Gasteiger partial charge in [0, 0.05) is 32.0 Å². The third-order valence-corrected chi connectivity index (χ3v) is 4.32. The minimum atomic E-state index is -4.40. The number of likely N-dealkylation sites (N-methyl/N-ethyl adjacent to an activating group) is 1. The Bertz CT molecular complexity index is 678. The minimum Gasteiger partial charge on any atom is -0.373 e. The maximum Gasteiger partial charge on any atom is 0.417 e. The second-order valence-electron chi connectivity index (χ2n) is 5.28. The highest BCUT2D eigenvalue weighted by Crippen LogP contribution is 2.29. The van der Waals surface area contributed by atoms with E-state index in [2.05, 4.69) is 10.3 Å². The average molecular weight is 369 g/mol. The van der Waals surface area contributed by atoms with E-state index in [0.29, 0.717) is 18.1 Å². The molecule has 1 N–H and O–H groups in total. The number of thioether (sulfide) groups is 1. The van der Waals surface area contributed by atoms with Crippen LogP contribution in [0.5, 0.6) is 0 Å². The van der Waals surface area contributed by atoms with Gasteiger partial charge in [0.1, 0.15) is 0 Å². The molecule has 0 saturated carbocycles. The first-order valence-corrected chi connectivity index (χ1v) is 8.54. The number of carbonyl (C=O) groups is 1. The predicted octanol–water partition coefficient (Wildman–Crippen LogP) is 3.45. The average Bonchev–Trinajstić information content (AvgIpc) is 2.60. The van der Waals surface area contributed by atoms with E-state index in [4.69, 9.17) is 0 Å². The van der Waals surface area contributed by atoms with Gasteiger partial charge in [0.15, 0.2) is 0 Å². The molecule has 1 heterocycles. The van der Waals surface area contributed by atoms with Gasteiger partial charge in [-0.25, -0.2) is 4.98 Å². The lowest BCUT2D eigenvalue weighted by Crippen LogP contribution is -2.33. The van der Waals surface area contributed by atoms with Gasteiger partial charge in [-0.1, -0.05) is 30.0 Å². The summed E-state index contributed by atoms with van der Waals surface area (Å²) >= 11 is 1.10. The molecule has 1 amide bonds. The zero-order valence-electron chi connectivity index (χ0n) is 13.6. The van der Waals surface area contributed by atoms with Crippen molar-refractivity contribution in [2.24, 2.45) is 0 Å². The maximum absolute atomic E-state index is 12.4. The predicted molar refractivity (Wildman–Crippen MR) is 92.7 cm³/mol. The van der Waals surface area contributed by atoms with Crippen molar-refractivity contribution in [2.75, 3.05) is 30.8 Å². The van der Waals surface area contributed by atoms with Crippen LogP contribution in [0.3, 0.4) is 0 Å². The van der Waals surface area contributed by atoms with Crippen LogP contribution in [-0.4, -0.2) is 36.8 Å². The molecular weight excluding hydrogens is 351 g/mol. The molecule has 0 unspecified atom stereocenters. The summed E-state index contributed by atoms with van der Waals surface area (Å²) in [4.78, 5) is 17.5. The first-order valence-electron chi connectivity index (χ1n) is 7.55. The summed E-state index contributed by atoms with van der Waals surface area (Å²) in [6.07, 6.45) is -3.63. The van der Waals surface area contributed by atoms with Crippen LogP contribution in [0.4, 0.5) is 18.9 Å². The van der Waals surface area contributed by atoms with E-state index < -0.39 is 11.7 Å². The molecule has 0 radical (unpaired) electrons. The van der Waals surface area contributed by atoms with Gasteiger partial charge in [0.05, 0.1) is 16.3 Å². The van der Waals surface area contributed by atoms with E-state index >= 15 is 0 Å². The number of nitrogens with one attached hydrogen (secondary N) is 1. The highest BCUT2D eigenvalue weighted by molar-refractivity contribution is 7.99. The van der Waals surface area contributed by atoms with Gasteiger partial charge >= 0.3 is 6.18 Å². The van der Waals surface area contributed by atoms with E-state index in [1.165, 1.54) is 6.07 Å². The minimum absolute atomic E-state index is 0.105. The normalized spacial score (nSPS) is 11.2. The molecule has 0 saturated heterocycles. The van der Waals surface area contributed by atoms with Gasteiger partial charge < -0.3 is 10.2 Å². The van der Waals surface area contributed by atoms with Gasteiger partial charge in [0.2, 0.25) is 5.91 Å². The summed E-state index contributed by atoms with van der Waals surface area (Å²) in [7, 11) is 1.93. The lowest BCUT2D eigenvalue weighted by Gasteiger charge is -2.19. The third kappa shape index (κ3) is 6.30. The number of hydrogen-bond acceptors (Lipinski definition) is 4. The quantitative estimate of drug-likeness (QED) is 0.760. The number of pyridine rings is 1. The van der Waals surface area contributed by atoms with Gasteiger partial charge in [-0.15, -0.1) is 0 Å². The first-order chi connectivity index (χ1) is 11.9. The molecule has 0 aliphatic rings. The maximum atomic E-state index is 12.4. The fraction of sp³-hybridized carbons (Fsp3) is 0.294. The molecule has 0 atom stereocenters. The molecule has 1 aromatic heterocycles. The van der Waals surface area contributed by atoms with Gasteiger partial charge in [-0.3, -0.25) is 4.79 Å². The molecule has 4 nitrogen and oxygen atoms in total. The summed E-state index contributed by atoms with van der Waals surface area (Å²) in [5.74, 6) is -0.0823. The number of para-hydroxylation sites is 1. The van der Waals surface area contributed by atoms with Crippen molar-refractivity contribution in [1.29, 1.82) is 0 Å². The third-order valence-electron chi connectivity index (χ3n) is 3.38. The van der Waals surface area contributed by atoms with Crippen LogP contribution >= 0.6 is 11.8 Å². The fourth-order valence-corrected chi connectivity index (χ4v) is 2.67. The Hall–Kier alpha value is -2.22. The second-order valence-corrected chi connectivity index (χ2v) is 6.27. The molecule has 25 heavy (non-hydrogen) atoms. The topological polar surface area (TPSA) is 45.2 Å². The number of halogens is 3. The lowest BCUT2D eigenvalue weighted by molar-refractivity contribution is -0.137. The Kier molecular flexibility index (Phi) is 6.69. The molecule has 134 valence electrons. The van der Waals surface area contributed by atoms with E-state index in [9.17, 15) is 18.0 Å². The lowest BCUT2D eigenvalue weighted by atomic mass is 10.3. The Morgan fingerprint density at radius 2 is 1.92 bits per heavy atom. The molecule has 8 heteroatoms. The number of benzene rings is 1. The first kappa shape index (κ1) is 19.1. The molecule has 0 bridgehead atoms. The number of nitrogens with zero attached hydrogens (tertiary/aromatic N) is 2. The highest BCUT2D eigenvalue weighted by Gasteiger charge is 2.30. The van der Waals surface area contributed by atoms with Crippen LogP contribution in [0.25, 0.3) is 0 Å². The highest BCUT2D eigenvalue weighted by atomic mass is 32.2. The largest absolute Gasteiger partial charge is 0.417 e. The molecule has 0 aliphatic heterocycles. The van der Waals surface area contributed by atoms with Crippen molar-refractivity contribution in [3.05, 3.63) is 54.2 Å². The Morgan fingerprint density at radius 3 is 2.52 bits per heavy atom. The van der Waals surface area contributed by atoms with E-state index in [0.717, 1.165) is 29.7 Å². The Labute approximate surface area is 148 Å². The van der Waals surface area contributed by atoms with Gasteiger partial charge in [-0.2, -0.15) is 13.2 Å².